The largest absolute Gasteiger partial charge is 0.480 e. The lowest BCUT2D eigenvalue weighted by Gasteiger charge is -2.19. The van der Waals surface area contributed by atoms with Crippen molar-refractivity contribution in [3.05, 3.63) is 59.7 Å². The number of nitriles is 1. The van der Waals surface area contributed by atoms with Crippen molar-refractivity contribution in [2.45, 2.75) is 11.8 Å². The average Bonchev–Trinajstić information content (AvgIpc) is 2.47. The standard InChI is InChI=1S/C16H12ClNO2/c1-16(17,15(19)20)14-8-7-12(9-13(14)10-18)11-5-3-2-4-6-11/h2-9H,1H3,(H,19,20). The lowest BCUT2D eigenvalue weighted by molar-refractivity contribution is -0.140. The second-order valence-electron chi connectivity index (χ2n) is 4.55. The molecule has 2 aromatic rings. The molecule has 2 aromatic carbocycles. The van der Waals surface area contributed by atoms with Crippen LogP contribution in [0.25, 0.3) is 11.1 Å². The van der Waals surface area contributed by atoms with E-state index in [2.05, 4.69) is 0 Å². The first-order chi connectivity index (χ1) is 9.46. The Bertz CT molecular complexity index is 687. The van der Waals surface area contributed by atoms with E-state index in [1.807, 2.05) is 36.4 Å². The van der Waals surface area contributed by atoms with Gasteiger partial charge < -0.3 is 5.11 Å². The number of aliphatic carboxylic acids is 1. The first kappa shape index (κ1) is 14.1. The van der Waals surface area contributed by atoms with Gasteiger partial charge in [0, 0.05) is 5.56 Å². The van der Waals surface area contributed by atoms with Crippen LogP contribution in [-0.2, 0) is 9.67 Å². The van der Waals surface area contributed by atoms with Gasteiger partial charge in [-0.15, -0.1) is 11.6 Å². The third-order valence-corrected chi connectivity index (χ3v) is 3.52. The highest BCUT2D eigenvalue weighted by atomic mass is 35.5. The lowest BCUT2D eigenvalue weighted by Crippen LogP contribution is -2.26. The molecule has 4 heteroatoms. The van der Waals surface area contributed by atoms with Crippen molar-refractivity contribution >= 4 is 17.6 Å². The van der Waals surface area contributed by atoms with Gasteiger partial charge in [0.15, 0.2) is 4.87 Å². The van der Waals surface area contributed by atoms with Crippen LogP contribution in [0.3, 0.4) is 0 Å². The van der Waals surface area contributed by atoms with Gasteiger partial charge in [-0.2, -0.15) is 5.26 Å². The summed E-state index contributed by atoms with van der Waals surface area (Å²) in [5.74, 6) is -1.18. The van der Waals surface area contributed by atoms with E-state index in [0.717, 1.165) is 11.1 Å². The molecule has 0 bridgehead atoms. The fraction of sp³-hybridized carbons (Fsp3) is 0.125. The van der Waals surface area contributed by atoms with Gasteiger partial charge in [0.25, 0.3) is 0 Å². The number of alkyl halides is 1. The predicted octanol–water partition coefficient (Wildman–Crippen LogP) is 3.76. The normalized spacial score (nSPS) is 13.2. The molecule has 3 nitrogen and oxygen atoms in total. The maximum Gasteiger partial charge on any atom is 0.329 e. The molecule has 2 rings (SSSR count). The van der Waals surface area contributed by atoms with Crippen molar-refractivity contribution in [3.8, 4) is 17.2 Å². The minimum atomic E-state index is -1.61. The summed E-state index contributed by atoms with van der Waals surface area (Å²) in [6, 6.07) is 16.6. The Morgan fingerprint density at radius 3 is 2.40 bits per heavy atom. The zero-order valence-corrected chi connectivity index (χ0v) is 11.6. The molecule has 0 amide bonds. The Balaban J connectivity index is 2.56. The van der Waals surface area contributed by atoms with Crippen molar-refractivity contribution in [1.29, 1.82) is 5.26 Å². The number of hydrogen-bond donors (Lipinski definition) is 1. The molecular formula is C16H12ClNO2. The number of rotatable bonds is 3. The van der Waals surface area contributed by atoms with Gasteiger partial charge in [-0.1, -0.05) is 42.5 Å². The number of hydrogen-bond acceptors (Lipinski definition) is 2. The number of carboxylic acid groups (broad SMARTS) is 1. The SMILES string of the molecule is CC(Cl)(C(=O)O)c1ccc(-c2ccccc2)cc1C#N. The van der Waals surface area contributed by atoms with Crippen LogP contribution in [0.15, 0.2) is 48.5 Å². The molecule has 0 aromatic heterocycles. The van der Waals surface area contributed by atoms with Gasteiger partial charge in [-0.25, -0.2) is 4.79 Å². The monoisotopic (exact) mass is 285 g/mol. The molecule has 0 aliphatic heterocycles. The van der Waals surface area contributed by atoms with E-state index in [-0.39, 0.29) is 5.56 Å². The fourth-order valence-electron chi connectivity index (χ4n) is 1.97. The molecule has 0 radical (unpaired) electrons. The second kappa shape index (κ2) is 5.36. The average molecular weight is 286 g/mol. The van der Waals surface area contributed by atoms with E-state index < -0.39 is 10.8 Å². The fourth-order valence-corrected chi connectivity index (χ4v) is 2.14. The van der Waals surface area contributed by atoms with Crippen molar-refractivity contribution in [1.82, 2.24) is 0 Å². The summed E-state index contributed by atoms with van der Waals surface area (Å²) in [7, 11) is 0. The number of carboxylic acids is 1. The molecule has 100 valence electrons. The van der Waals surface area contributed by atoms with Crippen LogP contribution in [0, 0.1) is 11.3 Å². The number of carbonyl (C=O) groups is 1. The summed E-state index contributed by atoms with van der Waals surface area (Å²) in [5, 5.41) is 18.4. The van der Waals surface area contributed by atoms with Crippen LogP contribution in [-0.4, -0.2) is 11.1 Å². The van der Waals surface area contributed by atoms with Gasteiger partial charge in [-0.05, 0) is 24.1 Å². The summed E-state index contributed by atoms with van der Waals surface area (Å²) in [6.45, 7) is 1.37. The molecule has 0 aliphatic carbocycles. The maximum atomic E-state index is 11.2. The van der Waals surface area contributed by atoms with Gasteiger partial charge >= 0.3 is 5.97 Å². The van der Waals surface area contributed by atoms with E-state index in [1.165, 1.54) is 6.92 Å². The Morgan fingerprint density at radius 1 is 1.20 bits per heavy atom. The van der Waals surface area contributed by atoms with Gasteiger partial charge in [0.05, 0.1) is 11.6 Å². The predicted molar refractivity (Wildman–Crippen MR) is 77.4 cm³/mol. The molecule has 1 unspecified atom stereocenters. The maximum absolute atomic E-state index is 11.2. The first-order valence-corrected chi connectivity index (χ1v) is 6.37. The first-order valence-electron chi connectivity index (χ1n) is 5.99. The van der Waals surface area contributed by atoms with Crippen molar-refractivity contribution in [3.63, 3.8) is 0 Å². The van der Waals surface area contributed by atoms with Crippen LogP contribution in [0.1, 0.15) is 18.1 Å². The molecule has 0 spiro atoms. The molecule has 0 fully saturated rings. The third-order valence-electron chi connectivity index (χ3n) is 3.15. The Labute approximate surface area is 122 Å². The Kier molecular flexibility index (Phi) is 3.78. The van der Waals surface area contributed by atoms with E-state index in [9.17, 15) is 10.1 Å². The minimum Gasteiger partial charge on any atom is -0.480 e. The molecule has 0 saturated heterocycles. The van der Waals surface area contributed by atoms with Gasteiger partial charge in [-0.3, -0.25) is 0 Å². The summed E-state index contributed by atoms with van der Waals surface area (Å²) in [4.78, 5) is 9.59. The lowest BCUT2D eigenvalue weighted by atomic mass is 9.92. The number of nitrogens with zero attached hydrogens (tertiary/aromatic N) is 1. The zero-order chi connectivity index (χ0) is 14.8. The van der Waals surface area contributed by atoms with Crippen LogP contribution in [0.5, 0.6) is 0 Å². The summed E-state index contributed by atoms with van der Waals surface area (Å²) < 4.78 is 0. The smallest absolute Gasteiger partial charge is 0.329 e. The van der Waals surface area contributed by atoms with E-state index in [0.29, 0.717) is 5.56 Å². The topological polar surface area (TPSA) is 61.1 Å². The highest BCUT2D eigenvalue weighted by molar-refractivity contribution is 6.33. The van der Waals surface area contributed by atoms with Crippen molar-refractivity contribution < 1.29 is 9.90 Å². The molecule has 1 atom stereocenters. The minimum absolute atomic E-state index is 0.270. The highest BCUT2D eigenvalue weighted by Gasteiger charge is 2.34. The molecule has 20 heavy (non-hydrogen) atoms. The molecule has 0 saturated carbocycles. The quantitative estimate of drug-likeness (QED) is 0.873. The van der Waals surface area contributed by atoms with Crippen molar-refractivity contribution in [2.75, 3.05) is 0 Å². The second-order valence-corrected chi connectivity index (χ2v) is 5.30. The van der Waals surface area contributed by atoms with Crippen LogP contribution >= 0.6 is 11.6 Å². The summed E-state index contributed by atoms with van der Waals surface area (Å²) in [6.07, 6.45) is 0. The van der Waals surface area contributed by atoms with Gasteiger partial charge in [0.2, 0.25) is 0 Å². The van der Waals surface area contributed by atoms with Gasteiger partial charge in [0.1, 0.15) is 0 Å². The Hall–Kier alpha value is -2.31. The Morgan fingerprint density at radius 2 is 1.85 bits per heavy atom. The molecular weight excluding hydrogens is 274 g/mol. The van der Waals surface area contributed by atoms with Crippen LogP contribution in [0.4, 0.5) is 0 Å². The summed E-state index contributed by atoms with van der Waals surface area (Å²) >= 11 is 6.03. The summed E-state index contributed by atoms with van der Waals surface area (Å²) in [5.41, 5.74) is 2.38. The molecule has 0 aliphatic rings. The highest BCUT2D eigenvalue weighted by Crippen LogP contribution is 2.33. The van der Waals surface area contributed by atoms with E-state index in [4.69, 9.17) is 16.7 Å². The van der Waals surface area contributed by atoms with Crippen LogP contribution in [0.2, 0.25) is 0 Å². The number of benzene rings is 2. The van der Waals surface area contributed by atoms with Crippen LogP contribution < -0.4 is 0 Å². The zero-order valence-electron chi connectivity index (χ0n) is 10.8. The number of halogens is 1. The van der Waals surface area contributed by atoms with Crippen molar-refractivity contribution in [2.24, 2.45) is 0 Å². The van der Waals surface area contributed by atoms with E-state index in [1.54, 1.807) is 18.2 Å². The molecule has 0 heterocycles. The third kappa shape index (κ3) is 2.52. The van der Waals surface area contributed by atoms with E-state index >= 15 is 0 Å². The molecule has 1 N–H and O–H groups in total.